The number of allylic oxidation sites excluding steroid dienone is 3. The molecule has 44 heavy (non-hydrogen) atoms. The second-order valence-corrected chi connectivity index (χ2v) is 36.2. The van der Waals surface area contributed by atoms with Gasteiger partial charge in [-0.05, 0) is 0 Å². The first-order valence-electron chi connectivity index (χ1n) is 15.5. The van der Waals surface area contributed by atoms with Gasteiger partial charge in [0.15, 0.2) is 0 Å². The summed E-state index contributed by atoms with van der Waals surface area (Å²) in [6.45, 7) is 40.6. The molecule has 3 aliphatic heterocycles. The molecule has 0 aromatic heterocycles. The molecule has 3 rings (SSSR count). The fourth-order valence-corrected chi connectivity index (χ4v) is 8.80. The Kier molecular flexibility index (Phi) is 11.8. The van der Waals surface area contributed by atoms with Crippen LogP contribution in [0, 0.1) is 32.5 Å². The predicted octanol–water partition coefficient (Wildman–Crippen LogP) is 10.0. The van der Waals surface area contributed by atoms with Crippen LogP contribution in [0.3, 0.4) is 0 Å². The second kappa shape index (κ2) is 12.7. The minimum absolute atomic E-state index is 0.172. The summed E-state index contributed by atoms with van der Waals surface area (Å²) < 4.78 is -0.786. The first-order chi connectivity index (χ1) is 19.4. The summed E-state index contributed by atoms with van der Waals surface area (Å²) in [6, 6.07) is 0. The normalized spacial score (nSPS) is 29.3. The molecule has 0 spiro atoms. The Labute approximate surface area is 311 Å². The van der Waals surface area contributed by atoms with E-state index in [4.69, 9.17) is 30.7 Å². The molecule has 0 N–H and O–H groups in total. The molecule has 0 radical (unpaired) electrons. The van der Waals surface area contributed by atoms with E-state index in [1.165, 1.54) is 0 Å². The van der Waals surface area contributed by atoms with E-state index in [0.717, 1.165) is 17.1 Å². The first kappa shape index (κ1) is 41.1. The van der Waals surface area contributed by atoms with Crippen molar-refractivity contribution in [1.29, 1.82) is 0 Å². The number of nitrogens with zero attached hydrogens (tertiary/aromatic N) is 6. The summed E-state index contributed by atoms with van der Waals surface area (Å²) >= 11 is 7.67. The molecule has 6 nitrogen and oxygen atoms in total. The van der Waals surface area contributed by atoms with Crippen molar-refractivity contribution in [2.75, 3.05) is 0 Å². The molecule has 0 saturated heterocycles. The average molecular weight is 978 g/mol. The van der Waals surface area contributed by atoms with E-state index in [-0.39, 0.29) is 32.5 Å². The van der Waals surface area contributed by atoms with Crippen molar-refractivity contribution in [2.45, 2.75) is 145 Å². The molecule has 0 fully saturated rings. The van der Waals surface area contributed by atoms with Crippen LogP contribution in [0.15, 0.2) is 66.0 Å². The molecule has 3 atom stereocenters. The zero-order valence-corrected chi connectivity index (χ0v) is 38.6. The molecule has 3 aliphatic rings. The summed E-state index contributed by atoms with van der Waals surface area (Å²) in [5.41, 5.74) is -0.968. The number of hydrogen-bond acceptors (Lipinski definition) is 6. The van der Waals surface area contributed by atoms with Crippen molar-refractivity contribution in [3.63, 3.8) is 0 Å². The fourth-order valence-electron chi connectivity index (χ4n) is 6.47. The number of rotatable bonds is 3. The number of halogens is 3. The summed E-state index contributed by atoms with van der Waals surface area (Å²) in [5, 5.41) is 31.2. The van der Waals surface area contributed by atoms with Gasteiger partial charge in [0.1, 0.15) is 0 Å². The van der Waals surface area contributed by atoms with Crippen LogP contribution in [-0.4, -0.2) is 16.6 Å². The topological polar surface area (TPSA) is 74.2 Å². The average Bonchev–Trinajstić information content (AvgIpc) is 3.54. The van der Waals surface area contributed by atoms with E-state index in [0.29, 0.717) is 13.3 Å². The summed E-state index contributed by atoms with van der Waals surface area (Å²) in [6.07, 6.45) is 7.10. The van der Waals surface area contributed by atoms with Gasteiger partial charge in [-0.3, -0.25) is 0 Å². The molecule has 0 aliphatic carbocycles. The van der Waals surface area contributed by atoms with Crippen LogP contribution >= 0.6 is 37.2 Å². The van der Waals surface area contributed by atoms with Crippen molar-refractivity contribution < 1.29 is 33.7 Å². The Morgan fingerprint density at radius 1 is 0.477 bits per heavy atom. The molecule has 0 saturated carbocycles. The molecule has 3 unspecified atom stereocenters. The van der Waals surface area contributed by atoms with Gasteiger partial charge in [0.05, 0.1) is 0 Å². The molecule has 0 bridgehead atoms. The van der Waals surface area contributed by atoms with E-state index in [2.05, 4.69) is 201 Å². The van der Waals surface area contributed by atoms with Crippen LogP contribution in [0.25, 0.3) is 0 Å². The molecule has 0 aromatic rings. The van der Waals surface area contributed by atoms with Crippen LogP contribution in [0.2, 0.25) is 3.72 Å². The van der Waals surface area contributed by atoms with E-state index in [1.54, 1.807) is 0 Å². The van der Waals surface area contributed by atoms with Crippen molar-refractivity contribution in [2.24, 2.45) is 63.2 Å². The predicted molar refractivity (Wildman–Crippen MR) is 194 cm³/mol. The maximum atomic E-state index is 5.41. The Bertz CT molecular complexity index is 1130. The quantitative estimate of drug-likeness (QED) is 0.200. The maximum absolute atomic E-state index is 5.41. The molecule has 3 heterocycles. The zero-order valence-electron chi connectivity index (χ0n) is 30.5. The van der Waals surface area contributed by atoms with E-state index >= 15 is 0 Å². The van der Waals surface area contributed by atoms with Gasteiger partial charge in [0.25, 0.3) is 0 Å². The van der Waals surface area contributed by atoms with Crippen LogP contribution in [0.1, 0.15) is 125 Å². The third-order valence-electron chi connectivity index (χ3n) is 9.43. The van der Waals surface area contributed by atoms with Gasteiger partial charge in [-0.2, -0.15) is 0 Å². The Hall–Kier alpha value is 0.924. The number of hydrogen-bond donors (Lipinski definition) is 0. The van der Waals surface area contributed by atoms with Gasteiger partial charge in [-0.1, -0.05) is 0 Å². The van der Waals surface area contributed by atoms with Crippen LogP contribution in [-0.2, 0) is 20.4 Å². The Balaban J connectivity index is 0.00000216. The fraction of sp³-hybridized carbons (Fsp3) is 0.824. The zero-order chi connectivity index (χ0) is 34.8. The van der Waals surface area contributed by atoms with Crippen LogP contribution < -0.4 is 13.3 Å². The Morgan fingerprint density at radius 2 is 0.659 bits per heavy atom. The monoisotopic (exact) mass is 978 g/mol. The van der Waals surface area contributed by atoms with E-state index in [9.17, 15) is 0 Å². The van der Waals surface area contributed by atoms with E-state index in [1.807, 2.05) is 0 Å². The molecule has 249 valence electrons. The molecular formula is C34H57I3N6Ti-. The third-order valence-corrected chi connectivity index (χ3v) is 11.2. The first-order valence-corrected chi connectivity index (χ1v) is 28.8. The summed E-state index contributed by atoms with van der Waals surface area (Å²) in [5.74, 6) is 0. The minimum atomic E-state index is -0.797. The molecule has 10 heteroatoms. The van der Waals surface area contributed by atoms with Crippen molar-refractivity contribution in [3.05, 3.63) is 35.3 Å². The van der Waals surface area contributed by atoms with E-state index < -0.39 is 20.3 Å². The van der Waals surface area contributed by atoms with Gasteiger partial charge < -0.3 is 0 Å². The molecule has 0 aromatic carbocycles. The molecular weight excluding hydrogens is 921 g/mol. The van der Waals surface area contributed by atoms with Gasteiger partial charge in [0, 0.05) is 0 Å². The van der Waals surface area contributed by atoms with Crippen molar-refractivity contribution in [1.82, 2.24) is 0 Å². The number of azo groups is 3. The Morgan fingerprint density at radius 3 is 0.773 bits per heavy atom. The van der Waals surface area contributed by atoms with Gasteiger partial charge in [0.2, 0.25) is 0 Å². The van der Waals surface area contributed by atoms with Crippen molar-refractivity contribution >= 4 is 37.2 Å². The molecule has 0 amide bonds. The van der Waals surface area contributed by atoms with Crippen molar-refractivity contribution in [3.8, 4) is 0 Å². The van der Waals surface area contributed by atoms with Crippen LogP contribution in [0.4, 0.5) is 0 Å². The SMILES string of the molecule is CC(C)(C)C1=CC(C(C)(C)C)([C]([Ti])(C2(C(C)(C)C)C=C(C(C)(C)C)N=N2)C2(C(C)(C)C)C=C(C(C)(C)C)N=N2)N=N1.I[I-]I. The second-order valence-electron chi connectivity index (χ2n) is 18.8. The van der Waals surface area contributed by atoms with Gasteiger partial charge in [-0.25, -0.2) is 0 Å². The summed E-state index contributed by atoms with van der Waals surface area (Å²) in [7, 11) is 0. The van der Waals surface area contributed by atoms with Crippen LogP contribution in [0.5, 0.6) is 0 Å². The summed E-state index contributed by atoms with van der Waals surface area (Å²) in [4.78, 5) is 0. The van der Waals surface area contributed by atoms with Gasteiger partial charge >= 0.3 is 314 Å². The third kappa shape index (κ3) is 6.72. The standard InChI is InChI=1S/C34H57N6.I3.Ti/c1-26(2,3)22-19-32(38-35-22,29(10,11)12)25(33(30(13,14)15)20-23(36-39-33)27(4,5)6)34(31(16,17)18)21-24(37-40-34)28(7,8)9;1-3-2;/h19-21H,1-18H3;;/q;-1;. The van der Waals surface area contributed by atoms with Gasteiger partial charge in [-0.15, -0.1) is 0 Å².